The summed E-state index contributed by atoms with van der Waals surface area (Å²) in [4.78, 5) is 0. The third-order valence-electron chi connectivity index (χ3n) is 5.06. The maximum atomic E-state index is 6.26. The molecular weight excluding hydrogens is 376 g/mol. The van der Waals surface area contributed by atoms with E-state index in [9.17, 15) is 0 Å². The molecule has 0 saturated heterocycles. The second-order valence-corrected chi connectivity index (χ2v) is 7.66. The molecule has 2 atom stereocenters. The number of ether oxygens (including phenoxy) is 1. The topological polar surface area (TPSA) is 24.8 Å². The van der Waals surface area contributed by atoms with Crippen LogP contribution in [0.1, 0.15) is 55.8 Å². The van der Waals surface area contributed by atoms with E-state index in [2.05, 4.69) is 77.3 Å². The summed E-state index contributed by atoms with van der Waals surface area (Å²) < 4.78 is 7.35. The highest BCUT2D eigenvalue weighted by atomic mass is 79.9. The lowest BCUT2D eigenvalue weighted by molar-refractivity contribution is -0.0223. The minimum Gasteiger partial charge on any atom is -0.469 e. The highest BCUT2D eigenvalue weighted by Gasteiger charge is 2.39. The molecule has 0 bridgehead atoms. The predicted octanol–water partition coefficient (Wildman–Crippen LogP) is 5.68. The van der Waals surface area contributed by atoms with Gasteiger partial charge in [0, 0.05) is 22.9 Å². The third kappa shape index (κ3) is 3.08. The van der Waals surface area contributed by atoms with Crippen LogP contribution in [0, 0.1) is 0 Å². The standard InChI is InChI=1S/C21H23BrN2O/c1-3-5-21-24-19(17-12-16(22)10-11-20(17)25-21)13-18(23-24)15-8-6-14(4-2)7-9-15/h6-12,19,21H,3-5,13H2,1-2H3/t19-,21-/m0/s1. The van der Waals surface area contributed by atoms with Gasteiger partial charge in [0.25, 0.3) is 0 Å². The summed E-state index contributed by atoms with van der Waals surface area (Å²) in [7, 11) is 0. The van der Waals surface area contributed by atoms with Gasteiger partial charge in [-0.1, -0.05) is 60.5 Å². The SMILES string of the molecule is CCC[C@@H]1Oc2ccc(Br)cc2[C@@H]2CC(c3ccc(CC)cc3)=NN12. The zero-order valence-corrected chi connectivity index (χ0v) is 16.3. The highest BCUT2D eigenvalue weighted by Crippen LogP contribution is 2.44. The van der Waals surface area contributed by atoms with Crippen LogP contribution in [0.2, 0.25) is 0 Å². The van der Waals surface area contributed by atoms with Gasteiger partial charge in [-0.05, 0) is 35.7 Å². The van der Waals surface area contributed by atoms with Crippen LogP contribution in [0.5, 0.6) is 5.75 Å². The normalized spacial score (nSPS) is 21.4. The van der Waals surface area contributed by atoms with Gasteiger partial charge in [-0.3, -0.25) is 5.01 Å². The summed E-state index contributed by atoms with van der Waals surface area (Å²) in [5, 5.41) is 7.16. The average Bonchev–Trinajstić information content (AvgIpc) is 3.08. The lowest BCUT2D eigenvalue weighted by Gasteiger charge is -2.38. The summed E-state index contributed by atoms with van der Waals surface area (Å²) in [6.07, 6.45) is 4.08. The molecule has 2 aliphatic heterocycles. The number of aryl methyl sites for hydroxylation is 1. The van der Waals surface area contributed by atoms with E-state index in [0.717, 1.165) is 41.6 Å². The zero-order chi connectivity index (χ0) is 17.4. The number of hydrazone groups is 1. The van der Waals surface area contributed by atoms with Crippen molar-refractivity contribution < 1.29 is 4.74 Å². The van der Waals surface area contributed by atoms with E-state index in [1.165, 1.54) is 16.7 Å². The lowest BCUT2D eigenvalue weighted by atomic mass is 9.96. The van der Waals surface area contributed by atoms with Crippen LogP contribution in [-0.4, -0.2) is 16.9 Å². The average molecular weight is 399 g/mol. The van der Waals surface area contributed by atoms with Gasteiger partial charge in [-0.15, -0.1) is 0 Å². The maximum Gasteiger partial charge on any atom is 0.187 e. The van der Waals surface area contributed by atoms with Crippen molar-refractivity contribution in [2.45, 2.75) is 51.8 Å². The van der Waals surface area contributed by atoms with Crippen LogP contribution in [0.25, 0.3) is 0 Å². The van der Waals surface area contributed by atoms with E-state index in [4.69, 9.17) is 9.84 Å². The van der Waals surface area contributed by atoms with Crippen molar-refractivity contribution in [3.63, 3.8) is 0 Å². The largest absolute Gasteiger partial charge is 0.469 e. The fourth-order valence-electron chi connectivity index (χ4n) is 3.68. The van der Waals surface area contributed by atoms with E-state index < -0.39 is 0 Å². The molecule has 25 heavy (non-hydrogen) atoms. The number of rotatable bonds is 4. The number of fused-ring (bicyclic) bond motifs is 3. The van der Waals surface area contributed by atoms with Crippen molar-refractivity contribution in [1.82, 2.24) is 5.01 Å². The predicted molar refractivity (Wildman–Crippen MR) is 105 cm³/mol. The molecule has 0 unspecified atom stereocenters. The smallest absolute Gasteiger partial charge is 0.187 e. The summed E-state index contributed by atoms with van der Waals surface area (Å²) in [6, 6.07) is 15.4. The Bertz CT molecular complexity index is 800. The molecule has 0 fully saturated rings. The van der Waals surface area contributed by atoms with Crippen LogP contribution in [0.4, 0.5) is 0 Å². The van der Waals surface area contributed by atoms with Gasteiger partial charge < -0.3 is 4.74 Å². The number of hydrogen-bond acceptors (Lipinski definition) is 3. The van der Waals surface area contributed by atoms with Crippen molar-refractivity contribution >= 4 is 21.6 Å². The van der Waals surface area contributed by atoms with Crippen molar-refractivity contribution in [2.24, 2.45) is 5.10 Å². The molecule has 2 aromatic carbocycles. The van der Waals surface area contributed by atoms with Gasteiger partial charge >= 0.3 is 0 Å². The zero-order valence-electron chi connectivity index (χ0n) is 14.7. The molecule has 0 amide bonds. The highest BCUT2D eigenvalue weighted by molar-refractivity contribution is 9.10. The van der Waals surface area contributed by atoms with Crippen LogP contribution in [0.3, 0.4) is 0 Å². The molecule has 130 valence electrons. The molecule has 0 saturated carbocycles. The van der Waals surface area contributed by atoms with Crippen LogP contribution >= 0.6 is 15.9 Å². The van der Waals surface area contributed by atoms with Crippen LogP contribution in [-0.2, 0) is 6.42 Å². The van der Waals surface area contributed by atoms with Crippen molar-refractivity contribution in [3.8, 4) is 5.75 Å². The number of nitrogens with zero attached hydrogens (tertiary/aromatic N) is 2. The first kappa shape index (κ1) is 16.6. The first-order valence-electron chi connectivity index (χ1n) is 9.10. The Morgan fingerprint density at radius 1 is 1.16 bits per heavy atom. The molecule has 2 aromatic rings. The molecular formula is C21H23BrN2O. The number of halogens is 1. The monoisotopic (exact) mass is 398 g/mol. The van der Waals surface area contributed by atoms with Gasteiger partial charge in [0.05, 0.1) is 11.8 Å². The molecule has 2 aliphatic rings. The Morgan fingerprint density at radius 2 is 1.96 bits per heavy atom. The lowest BCUT2D eigenvalue weighted by Crippen LogP contribution is -2.40. The van der Waals surface area contributed by atoms with Gasteiger partial charge in [-0.25, -0.2) is 0 Å². The Labute approximate surface area is 157 Å². The van der Waals surface area contributed by atoms with Crippen LogP contribution < -0.4 is 4.74 Å². The first-order chi connectivity index (χ1) is 12.2. The number of benzene rings is 2. The Balaban J connectivity index is 1.69. The van der Waals surface area contributed by atoms with Gasteiger partial charge in [0.15, 0.2) is 6.23 Å². The third-order valence-corrected chi connectivity index (χ3v) is 5.56. The minimum atomic E-state index is 0.0242. The second kappa shape index (κ2) is 6.83. The molecule has 0 spiro atoms. The van der Waals surface area contributed by atoms with Gasteiger partial charge in [0.1, 0.15) is 5.75 Å². The second-order valence-electron chi connectivity index (χ2n) is 6.74. The van der Waals surface area contributed by atoms with Crippen molar-refractivity contribution in [2.75, 3.05) is 0 Å². The van der Waals surface area contributed by atoms with E-state index in [1.54, 1.807) is 0 Å². The summed E-state index contributed by atoms with van der Waals surface area (Å²) in [6.45, 7) is 4.38. The first-order valence-corrected chi connectivity index (χ1v) is 9.90. The van der Waals surface area contributed by atoms with Crippen molar-refractivity contribution in [3.05, 3.63) is 63.6 Å². The summed E-state index contributed by atoms with van der Waals surface area (Å²) >= 11 is 3.60. The van der Waals surface area contributed by atoms with Gasteiger partial charge in [0.2, 0.25) is 0 Å². The molecule has 0 aromatic heterocycles. The summed E-state index contributed by atoms with van der Waals surface area (Å²) in [5.41, 5.74) is 4.97. The minimum absolute atomic E-state index is 0.0242. The Kier molecular flexibility index (Phi) is 4.55. The fraction of sp³-hybridized carbons (Fsp3) is 0.381. The molecule has 4 heteroatoms. The molecule has 0 N–H and O–H groups in total. The Morgan fingerprint density at radius 3 is 2.68 bits per heavy atom. The van der Waals surface area contributed by atoms with E-state index in [-0.39, 0.29) is 12.3 Å². The van der Waals surface area contributed by atoms with E-state index >= 15 is 0 Å². The molecule has 3 nitrogen and oxygen atoms in total. The molecule has 0 aliphatic carbocycles. The van der Waals surface area contributed by atoms with Gasteiger partial charge in [-0.2, -0.15) is 5.10 Å². The molecule has 0 radical (unpaired) electrons. The maximum absolute atomic E-state index is 6.26. The van der Waals surface area contributed by atoms with Crippen molar-refractivity contribution in [1.29, 1.82) is 0 Å². The van der Waals surface area contributed by atoms with E-state index in [0.29, 0.717) is 0 Å². The van der Waals surface area contributed by atoms with E-state index in [1.807, 2.05) is 0 Å². The number of hydrogen-bond donors (Lipinski definition) is 0. The molecule has 2 heterocycles. The van der Waals surface area contributed by atoms with Crippen LogP contribution in [0.15, 0.2) is 52.0 Å². The Hall–Kier alpha value is -1.81. The summed E-state index contributed by atoms with van der Waals surface area (Å²) in [5.74, 6) is 1.00. The fourth-order valence-corrected chi connectivity index (χ4v) is 4.06. The quantitative estimate of drug-likeness (QED) is 0.661. The molecule has 4 rings (SSSR count).